The van der Waals surface area contributed by atoms with E-state index in [2.05, 4.69) is 5.32 Å². The largest absolute Gasteiger partial charge is 0.481 e. The normalized spacial score (nSPS) is 21.9. The summed E-state index contributed by atoms with van der Waals surface area (Å²) >= 11 is 0. The number of likely N-dealkylation sites (tertiary alicyclic amines) is 1. The van der Waals surface area contributed by atoms with E-state index in [1.54, 1.807) is 25.8 Å². The zero-order chi connectivity index (χ0) is 12.3. The number of carboxylic acid groups (broad SMARTS) is 1. The van der Waals surface area contributed by atoms with Crippen molar-refractivity contribution in [3.63, 3.8) is 0 Å². The number of amides is 1. The van der Waals surface area contributed by atoms with Gasteiger partial charge in [-0.05, 0) is 33.7 Å². The van der Waals surface area contributed by atoms with Gasteiger partial charge in [0.2, 0.25) is 5.91 Å². The first-order valence-electron chi connectivity index (χ1n) is 5.59. The number of carboxylic acids is 1. The van der Waals surface area contributed by atoms with Crippen molar-refractivity contribution in [2.45, 2.75) is 32.2 Å². The Morgan fingerprint density at radius 3 is 2.56 bits per heavy atom. The minimum absolute atomic E-state index is 0.0269. The van der Waals surface area contributed by atoms with Crippen molar-refractivity contribution in [3.8, 4) is 0 Å². The van der Waals surface area contributed by atoms with Crippen LogP contribution in [0.15, 0.2) is 0 Å². The molecule has 1 aliphatic rings. The zero-order valence-electron chi connectivity index (χ0n) is 10.1. The Balaban J connectivity index is 2.67. The summed E-state index contributed by atoms with van der Waals surface area (Å²) in [6, 6.07) is 0. The van der Waals surface area contributed by atoms with Gasteiger partial charge in [0.1, 0.15) is 0 Å². The van der Waals surface area contributed by atoms with E-state index >= 15 is 0 Å². The Labute approximate surface area is 95.8 Å². The fourth-order valence-electron chi connectivity index (χ4n) is 1.87. The molecule has 0 bridgehead atoms. The van der Waals surface area contributed by atoms with Crippen LogP contribution in [0.1, 0.15) is 26.7 Å². The molecule has 1 aliphatic heterocycles. The minimum Gasteiger partial charge on any atom is -0.481 e. The highest BCUT2D eigenvalue weighted by Crippen LogP contribution is 2.19. The maximum Gasteiger partial charge on any atom is 0.308 e. The number of likely N-dealkylation sites (N-methyl/N-ethyl adjacent to an activating group) is 1. The van der Waals surface area contributed by atoms with Gasteiger partial charge in [-0.1, -0.05) is 0 Å². The summed E-state index contributed by atoms with van der Waals surface area (Å²) in [4.78, 5) is 24.6. The van der Waals surface area contributed by atoms with Crippen LogP contribution in [-0.4, -0.2) is 47.6 Å². The van der Waals surface area contributed by atoms with E-state index < -0.39 is 17.4 Å². The number of piperidine rings is 1. The van der Waals surface area contributed by atoms with Gasteiger partial charge in [-0.25, -0.2) is 0 Å². The first kappa shape index (κ1) is 13.0. The van der Waals surface area contributed by atoms with E-state index in [0.717, 1.165) is 6.42 Å². The van der Waals surface area contributed by atoms with Crippen LogP contribution in [-0.2, 0) is 9.59 Å². The summed E-state index contributed by atoms with van der Waals surface area (Å²) in [7, 11) is 1.73. The SMILES string of the molecule is CNC(C)(C)C(=O)N1CCCC(C(=O)O)C1. The topological polar surface area (TPSA) is 69.6 Å². The molecule has 16 heavy (non-hydrogen) atoms. The molecule has 1 rings (SSSR count). The highest BCUT2D eigenvalue weighted by Gasteiger charge is 2.34. The Hall–Kier alpha value is -1.10. The first-order chi connectivity index (χ1) is 7.38. The molecule has 0 saturated carbocycles. The summed E-state index contributed by atoms with van der Waals surface area (Å²) in [5.41, 5.74) is -0.625. The average Bonchev–Trinajstić information content (AvgIpc) is 2.28. The summed E-state index contributed by atoms with van der Waals surface area (Å²) in [5, 5.41) is 11.9. The van der Waals surface area contributed by atoms with Crippen molar-refractivity contribution in [1.29, 1.82) is 0 Å². The number of nitrogens with zero attached hydrogens (tertiary/aromatic N) is 1. The van der Waals surface area contributed by atoms with Gasteiger partial charge in [0, 0.05) is 13.1 Å². The van der Waals surface area contributed by atoms with Gasteiger partial charge in [-0.2, -0.15) is 0 Å². The molecule has 0 aromatic heterocycles. The predicted molar refractivity (Wildman–Crippen MR) is 60.1 cm³/mol. The van der Waals surface area contributed by atoms with Crippen LogP contribution < -0.4 is 5.32 Å². The van der Waals surface area contributed by atoms with Crippen molar-refractivity contribution in [3.05, 3.63) is 0 Å². The Kier molecular flexibility index (Phi) is 3.91. The van der Waals surface area contributed by atoms with Gasteiger partial charge in [0.05, 0.1) is 11.5 Å². The van der Waals surface area contributed by atoms with Crippen LogP contribution in [0.25, 0.3) is 0 Å². The molecular formula is C11H20N2O3. The number of carbonyl (C=O) groups is 2. The lowest BCUT2D eigenvalue weighted by atomic mass is 9.95. The molecular weight excluding hydrogens is 208 g/mol. The van der Waals surface area contributed by atoms with Crippen molar-refractivity contribution in [1.82, 2.24) is 10.2 Å². The van der Waals surface area contributed by atoms with Gasteiger partial charge in [-0.3, -0.25) is 9.59 Å². The Morgan fingerprint density at radius 2 is 2.06 bits per heavy atom. The third-order valence-corrected chi connectivity index (χ3v) is 3.22. The number of nitrogens with one attached hydrogen (secondary N) is 1. The van der Waals surface area contributed by atoms with Crippen molar-refractivity contribution in [2.75, 3.05) is 20.1 Å². The van der Waals surface area contributed by atoms with Gasteiger partial charge in [0.15, 0.2) is 0 Å². The molecule has 92 valence electrons. The predicted octanol–water partition coefficient (Wildman–Crippen LogP) is 0.308. The zero-order valence-corrected chi connectivity index (χ0v) is 10.1. The van der Waals surface area contributed by atoms with E-state index in [-0.39, 0.29) is 5.91 Å². The minimum atomic E-state index is -0.806. The highest BCUT2D eigenvalue weighted by molar-refractivity contribution is 5.86. The second-order valence-corrected chi connectivity index (χ2v) is 4.80. The molecule has 1 unspecified atom stereocenters. The lowest BCUT2D eigenvalue weighted by Gasteiger charge is -2.36. The van der Waals surface area contributed by atoms with Crippen LogP contribution in [0, 0.1) is 5.92 Å². The number of hydrogen-bond acceptors (Lipinski definition) is 3. The molecule has 2 N–H and O–H groups in total. The molecule has 1 heterocycles. The lowest BCUT2D eigenvalue weighted by Crippen LogP contribution is -2.55. The second-order valence-electron chi connectivity index (χ2n) is 4.80. The highest BCUT2D eigenvalue weighted by atomic mass is 16.4. The van der Waals surface area contributed by atoms with Crippen LogP contribution >= 0.6 is 0 Å². The molecule has 0 radical (unpaired) electrons. The summed E-state index contributed by atoms with van der Waals surface area (Å²) < 4.78 is 0. The van der Waals surface area contributed by atoms with Crippen molar-refractivity contribution < 1.29 is 14.7 Å². The maximum absolute atomic E-state index is 12.1. The van der Waals surface area contributed by atoms with Gasteiger partial charge >= 0.3 is 5.97 Å². The standard InChI is InChI=1S/C11H20N2O3/c1-11(2,12-3)10(16)13-6-4-5-8(7-13)9(14)15/h8,12H,4-7H2,1-3H3,(H,14,15). The Morgan fingerprint density at radius 1 is 1.44 bits per heavy atom. The van der Waals surface area contributed by atoms with E-state index in [4.69, 9.17) is 5.11 Å². The quantitative estimate of drug-likeness (QED) is 0.729. The molecule has 1 fully saturated rings. The monoisotopic (exact) mass is 228 g/mol. The maximum atomic E-state index is 12.1. The van der Waals surface area contributed by atoms with Crippen LogP contribution in [0.3, 0.4) is 0 Å². The molecule has 0 aliphatic carbocycles. The van der Waals surface area contributed by atoms with Gasteiger partial charge in [0.25, 0.3) is 0 Å². The number of aliphatic carboxylic acids is 1. The molecule has 0 aromatic rings. The van der Waals surface area contributed by atoms with E-state index in [9.17, 15) is 9.59 Å². The van der Waals surface area contributed by atoms with Crippen molar-refractivity contribution in [2.24, 2.45) is 5.92 Å². The molecule has 0 aromatic carbocycles. The summed E-state index contributed by atoms with van der Waals surface area (Å²) in [6.45, 7) is 4.60. The number of carbonyl (C=O) groups excluding carboxylic acids is 1. The van der Waals surface area contributed by atoms with E-state index in [1.807, 2.05) is 0 Å². The van der Waals surface area contributed by atoms with E-state index in [0.29, 0.717) is 19.5 Å². The van der Waals surface area contributed by atoms with Crippen LogP contribution in [0.4, 0.5) is 0 Å². The molecule has 1 saturated heterocycles. The fraction of sp³-hybridized carbons (Fsp3) is 0.818. The molecule has 1 atom stereocenters. The molecule has 5 nitrogen and oxygen atoms in total. The number of hydrogen-bond donors (Lipinski definition) is 2. The second kappa shape index (κ2) is 4.82. The van der Waals surface area contributed by atoms with Crippen LogP contribution in [0.2, 0.25) is 0 Å². The van der Waals surface area contributed by atoms with Crippen LogP contribution in [0.5, 0.6) is 0 Å². The molecule has 0 spiro atoms. The van der Waals surface area contributed by atoms with Crippen molar-refractivity contribution >= 4 is 11.9 Å². The smallest absolute Gasteiger partial charge is 0.308 e. The Bertz CT molecular complexity index is 289. The molecule has 5 heteroatoms. The summed E-state index contributed by atoms with van der Waals surface area (Å²) in [5.74, 6) is -1.24. The lowest BCUT2D eigenvalue weighted by molar-refractivity contribution is -0.147. The fourth-order valence-corrected chi connectivity index (χ4v) is 1.87. The third kappa shape index (κ3) is 2.72. The average molecular weight is 228 g/mol. The third-order valence-electron chi connectivity index (χ3n) is 3.22. The van der Waals surface area contributed by atoms with E-state index in [1.165, 1.54) is 0 Å². The summed E-state index contributed by atoms with van der Waals surface area (Å²) in [6.07, 6.45) is 1.43. The molecule has 1 amide bonds. The first-order valence-corrected chi connectivity index (χ1v) is 5.59. The van der Waals surface area contributed by atoms with Gasteiger partial charge in [-0.15, -0.1) is 0 Å². The number of rotatable bonds is 3. The van der Waals surface area contributed by atoms with Gasteiger partial charge < -0.3 is 15.3 Å².